The van der Waals surface area contributed by atoms with Crippen LogP contribution in [0.5, 0.6) is 0 Å². The highest BCUT2D eigenvalue weighted by molar-refractivity contribution is 8.00. The fourth-order valence-electron chi connectivity index (χ4n) is 4.11. The maximum atomic E-state index is 13.2. The number of thioether (sulfide) groups is 1. The highest BCUT2D eigenvalue weighted by atomic mass is 35.5. The van der Waals surface area contributed by atoms with E-state index >= 15 is 0 Å². The van der Waals surface area contributed by atoms with E-state index in [0.717, 1.165) is 16.2 Å². The van der Waals surface area contributed by atoms with Gasteiger partial charge in [-0.2, -0.15) is 0 Å². The molecule has 0 aliphatic carbocycles. The lowest BCUT2D eigenvalue weighted by molar-refractivity contribution is -0.662. The third kappa shape index (κ3) is 4.93. The zero-order valence-electron chi connectivity index (χ0n) is 20.4. The van der Waals surface area contributed by atoms with E-state index in [2.05, 4.69) is 20.6 Å². The topological polar surface area (TPSA) is 209 Å². The lowest BCUT2D eigenvalue weighted by atomic mass is 10.0. The smallest absolute Gasteiger partial charge is 0.347 e. The Labute approximate surface area is 237 Å². The SMILES string of the molecule is C[C@H](O/N=C(\C(=O)NC1C(=O)N2C(C(=O)[O-])=C(C[n+]3ccn4ncccc43)CSC12)c1nc(N)sc1Cl)C(=O)O. The van der Waals surface area contributed by atoms with Gasteiger partial charge in [-0.25, -0.2) is 14.3 Å². The van der Waals surface area contributed by atoms with Crippen LogP contribution in [0.1, 0.15) is 12.6 Å². The molecule has 2 aliphatic rings. The minimum atomic E-state index is -1.52. The van der Waals surface area contributed by atoms with E-state index in [1.54, 1.807) is 33.7 Å². The van der Waals surface area contributed by atoms with E-state index in [4.69, 9.17) is 27.3 Å². The summed E-state index contributed by atoms with van der Waals surface area (Å²) in [5.41, 5.74) is 5.90. The van der Waals surface area contributed by atoms with E-state index in [0.29, 0.717) is 11.2 Å². The quantitative estimate of drug-likeness (QED) is 0.112. The van der Waals surface area contributed by atoms with Crippen LogP contribution in [0, 0.1) is 0 Å². The predicted molar refractivity (Wildman–Crippen MR) is 139 cm³/mol. The Morgan fingerprint density at radius 3 is 2.90 bits per heavy atom. The van der Waals surface area contributed by atoms with Crippen molar-refractivity contribution in [2.75, 3.05) is 11.5 Å². The van der Waals surface area contributed by atoms with Gasteiger partial charge in [-0.05, 0) is 13.0 Å². The van der Waals surface area contributed by atoms with Crippen molar-refractivity contribution in [1.82, 2.24) is 24.8 Å². The molecule has 0 bridgehead atoms. The third-order valence-corrected chi connectivity index (χ3v) is 8.44. The first-order valence-corrected chi connectivity index (χ1v) is 13.7. The van der Waals surface area contributed by atoms with Crippen LogP contribution in [0.4, 0.5) is 5.13 Å². The second-order valence-electron chi connectivity index (χ2n) is 8.55. The van der Waals surface area contributed by atoms with Crippen LogP contribution < -0.4 is 20.7 Å². The summed E-state index contributed by atoms with van der Waals surface area (Å²) >= 11 is 8.24. The van der Waals surface area contributed by atoms with E-state index in [-0.39, 0.29) is 33.2 Å². The summed E-state index contributed by atoms with van der Waals surface area (Å²) < 4.78 is 3.41. The van der Waals surface area contributed by atoms with Crippen molar-refractivity contribution in [1.29, 1.82) is 0 Å². The van der Waals surface area contributed by atoms with Crippen molar-refractivity contribution < 1.29 is 38.8 Å². The number of nitrogens with zero attached hydrogens (tertiary/aromatic N) is 6. The second kappa shape index (κ2) is 10.7. The number of β-lactam (4-membered cyclic amide) rings is 1. The van der Waals surface area contributed by atoms with Gasteiger partial charge in [0.15, 0.2) is 17.0 Å². The van der Waals surface area contributed by atoms with Gasteiger partial charge in [-0.1, -0.05) is 33.2 Å². The minimum absolute atomic E-state index is 0.00991. The Morgan fingerprint density at radius 2 is 2.23 bits per heavy atom. The molecule has 2 aliphatic heterocycles. The molecule has 2 unspecified atom stereocenters. The molecule has 4 N–H and O–H groups in total. The minimum Gasteiger partial charge on any atom is -0.543 e. The van der Waals surface area contributed by atoms with Crippen molar-refractivity contribution in [2.24, 2.45) is 5.16 Å². The number of hydrogen-bond donors (Lipinski definition) is 3. The van der Waals surface area contributed by atoms with Crippen LogP contribution in [-0.2, 0) is 30.6 Å². The monoisotopic (exact) mass is 606 g/mol. The summed E-state index contributed by atoms with van der Waals surface area (Å²) in [5.74, 6) is -4.25. The highest BCUT2D eigenvalue weighted by Crippen LogP contribution is 2.40. The van der Waals surface area contributed by atoms with E-state index in [1.807, 2.05) is 6.07 Å². The molecule has 3 aromatic rings. The average Bonchev–Trinajstić information content (AvgIpc) is 3.48. The van der Waals surface area contributed by atoms with Crippen molar-refractivity contribution in [3.63, 3.8) is 0 Å². The molecule has 2 amide bonds. The number of oxime groups is 1. The van der Waals surface area contributed by atoms with Crippen LogP contribution in [0.3, 0.4) is 0 Å². The van der Waals surface area contributed by atoms with Crippen molar-refractivity contribution in [3.8, 4) is 0 Å². The number of hydrogen-bond acceptors (Lipinski definition) is 12. The number of amides is 2. The first-order valence-electron chi connectivity index (χ1n) is 11.5. The van der Waals surface area contributed by atoms with Gasteiger partial charge < -0.3 is 30.9 Å². The molecule has 208 valence electrons. The zero-order chi connectivity index (χ0) is 28.7. The number of aromatic nitrogens is 4. The fourth-order valence-corrected chi connectivity index (χ4v) is 6.38. The number of anilines is 1. The Hall–Kier alpha value is -4.22. The highest BCUT2D eigenvalue weighted by Gasteiger charge is 2.53. The van der Waals surface area contributed by atoms with Crippen molar-refractivity contribution in [3.05, 3.63) is 52.0 Å². The standard InChI is InChI=1S/C22H19ClN8O7S2/c1-9(20(34)35)38-28-13(12-16(23)40-22(24)27-12)17(32)26-14-18(33)31-15(21(36)37)10(8-39-19(14)31)7-29-5-6-30-11(29)3-2-4-25-30/h2-6,9,14,19H,7-8H2,1H3,(H4-,24,26,27,32,34,35,36,37)/b28-13-/t9-,14?,19?/m0/s1. The third-order valence-electron chi connectivity index (χ3n) is 6.02. The van der Waals surface area contributed by atoms with Gasteiger partial charge in [-0.15, -0.1) is 16.3 Å². The summed E-state index contributed by atoms with van der Waals surface area (Å²) in [6, 6.07) is 2.43. The van der Waals surface area contributed by atoms with Gasteiger partial charge in [0.05, 0.1) is 17.9 Å². The van der Waals surface area contributed by atoms with Gasteiger partial charge in [0.25, 0.3) is 11.8 Å². The van der Waals surface area contributed by atoms with Crippen molar-refractivity contribution >= 4 is 74.9 Å². The molecule has 5 rings (SSSR count). The molecule has 0 aromatic carbocycles. The van der Waals surface area contributed by atoms with Gasteiger partial charge in [-0.3, -0.25) is 14.5 Å². The summed E-state index contributed by atoms with van der Waals surface area (Å²) in [7, 11) is 0. The number of aliphatic carboxylic acids is 2. The maximum Gasteiger partial charge on any atom is 0.347 e. The predicted octanol–water partition coefficient (Wildman–Crippen LogP) is -1.39. The molecule has 0 saturated carbocycles. The molecule has 40 heavy (non-hydrogen) atoms. The number of thiazole rings is 1. The fraction of sp³-hybridized carbons (Fsp3) is 0.273. The Kier molecular flexibility index (Phi) is 7.35. The molecular weight excluding hydrogens is 588 g/mol. The van der Waals surface area contributed by atoms with Gasteiger partial charge in [0, 0.05) is 17.4 Å². The zero-order valence-corrected chi connectivity index (χ0v) is 22.8. The van der Waals surface area contributed by atoms with Crippen LogP contribution in [0.15, 0.2) is 47.1 Å². The molecule has 1 saturated heterocycles. The van der Waals surface area contributed by atoms with E-state index in [9.17, 15) is 24.3 Å². The van der Waals surface area contributed by atoms with Crippen molar-refractivity contribution in [2.45, 2.75) is 31.0 Å². The van der Waals surface area contributed by atoms with Gasteiger partial charge >= 0.3 is 11.6 Å². The van der Waals surface area contributed by atoms with Gasteiger partial charge in [0.2, 0.25) is 6.10 Å². The first-order chi connectivity index (χ1) is 19.1. The maximum absolute atomic E-state index is 13.2. The first kappa shape index (κ1) is 27.4. The molecule has 0 spiro atoms. The van der Waals surface area contributed by atoms with Crippen LogP contribution in [-0.4, -0.2) is 77.3 Å². The molecule has 3 atom stereocenters. The largest absolute Gasteiger partial charge is 0.543 e. The lowest BCUT2D eigenvalue weighted by Crippen LogP contribution is -2.71. The summed E-state index contributed by atoms with van der Waals surface area (Å²) in [6.07, 6.45) is 3.66. The number of carboxylic acid groups (broad SMARTS) is 2. The second-order valence-corrected chi connectivity index (χ2v) is 11.3. The summed E-state index contributed by atoms with van der Waals surface area (Å²) in [4.78, 5) is 59.5. The van der Waals surface area contributed by atoms with Crippen LogP contribution >= 0.6 is 34.7 Å². The number of rotatable bonds is 9. The summed E-state index contributed by atoms with van der Waals surface area (Å²) in [5, 5.41) is 30.8. The molecule has 18 heteroatoms. The number of fused-ring (bicyclic) bond motifs is 2. The average molecular weight is 607 g/mol. The summed E-state index contributed by atoms with van der Waals surface area (Å²) in [6.45, 7) is 1.37. The Bertz CT molecular complexity index is 1620. The molecule has 3 aromatic heterocycles. The number of carbonyl (C=O) groups is 4. The number of nitrogens with one attached hydrogen (secondary N) is 1. The van der Waals surface area contributed by atoms with Gasteiger partial charge in [0.1, 0.15) is 34.2 Å². The molecular formula is C22H19ClN8O7S2. The van der Waals surface area contributed by atoms with E-state index in [1.165, 1.54) is 18.7 Å². The van der Waals surface area contributed by atoms with E-state index < -0.39 is 47.0 Å². The molecule has 1 fully saturated rings. The number of carboxylic acids is 2. The Balaban J connectivity index is 1.38. The Morgan fingerprint density at radius 1 is 1.45 bits per heavy atom. The molecule has 5 heterocycles. The van der Waals surface area contributed by atoms with Crippen LogP contribution in [0.25, 0.3) is 5.65 Å². The number of carbonyl (C=O) groups excluding carboxylic acids is 3. The number of nitrogen functional groups attached to an aromatic ring is 1. The molecule has 0 radical (unpaired) electrons. The number of imidazole rings is 1. The number of nitrogens with two attached hydrogens (primary N) is 1. The number of halogens is 1. The van der Waals surface area contributed by atoms with Crippen LogP contribution in [0.2, 0.25) is 4.34 Å². The normalized spacial score (nSPS) is 19.7. The molecule has 15 nitrogen and oxygen atoms in total. The lowest BCUT2D eigenvalue weighted by Gasteiger charge is -2.50.